The Morgan fingerprint density at radius 3 is 2.70 bits per heavy atom. The summed E-state index contributed by atoms with van der Waals surface area (Å²) in [5, 5.41) is 12.1. The number of likely N-dealkylation sites (tertiary alicyclic amines) is 1. The van der Waals surface area contributed by atoms with Gasteiger partial charge in [0.05, 0.1) is 18.7 Å². The number of furan rings is 1. The lowest BCUT2D eigenvalue weighted by atomic mass is 10.00. The molecule has 0 saturated carbocycles. The minimum absolute atomic E-state index is 0.0613. The van der Waals surface area contributed by atoms with Gasteiger partial charge in [-0.3, -0.25) is 9.59 Å². The summed E-state index contributed by atoms with van der Waals surface area (Å²) in [5.74, 6) is -1.66. The van der Waals surface area contributed by atoms with Crippen LogP contribution < -0.4 is 5.32 Å². The molecule has 1 aliphatic rings. The molecular formula is C20H22N2O5. The first-order chi connectivity index (χ1) is 12.8. The maximum absolute atomic E-state index is 12.6. The lowest BCUT2D eigenvalue weighted by Crippen LogP contribution is -2.38. The number of amides is 2. The number of carboxylic acid groups (broad SMARTS) is 1. The zero-order valence-electron chi connectivity index (χ0n) is 15.3. The van der Waals surface area contributed by atoms with Gasteiger partial charge in [0.1, 0.15) is 5.76 Å². The minimum Gasteiger partial charge on any atom is -0.479 e. The van der Waals surface area contributed by atoms with Crippen LogP contribution in [0.2, 0.25) is 0 Å². The van der Waals surface area contributed by atoms with Crippen LogP contribution in [-0.2, 0) is 20.9 Å². The Labute approximate surface area is 157 Å². The monoisotopic (exact) mass is 370 g/mol. The molecule has 142 valence electrons. The first kappa shape index (κ1) is 18.7. The lowest BCUT2D eigenvalue weighted by Gasteiger charge is -2.19. The van der Waals surface area contributed by atoms with Crippen molar-refractivity contribution in [1.29, 1.82) is 0 Å². The Morgan fingerprint density at radius 2 is 2.07 bits per heavy atom. The van der Waals surface area contributed by atoms with E-state index in [4.69, 9.17) is 4.42 Å². The summed E-state index contributed by atoms with van der Waals surface area (Å²) in [6.07, 6.45) is 1.59. The first-order valence-corrected chi connectivity index (χ1v) is 8.75. The molecule has 0 spiro atoms. The number of aliphatic carboxylic acids is 1. The van der Waals surface area contributed by atoms with Gasteiger partial charge < -0.3 is 19.7 Å². The molecule has 1 aliphatic heterocycles. The van der Waals surface area contributed by atoms with Gasteiger partial charge in [-0.15, -0.1) is 0 Å². The van der Waals surface area contributed by atoms with E-state index >= 15 is 0 Å². The number of carbonyl (C=O) groups is 3. The highest BCUT2D eigenvalue weighted by Gasteiger charge is 2.36. The van der Waals surface area contributed by atoms with E-state index in [1.54, 1.807) is 29.2 Å². The van der Waals surface area contributed by atoms with E-state index in [0.717, 1.165) is 11.1 Å². The summed E-state index contributed by atoms with van der Waals surface area (Å²) in [6.45, 7) is 4.37. The van der Waals surface area contributed by atoms with Crippen molar-refractivity contribution in [2.24, 2.45) is 5.92 Å². The zero-order chi connectivity index (χ0) is 19.6. The Morgan fingerprint density at radius 1 is 1.30 bits per heavy atom. The van der Waals surface area contributed by atoms with E-state index in [9.17, 15) is 19.5 Å². The second kappa shape index (κ2) is 7.65. The van der Waals surface area contributed by atoms with Gasteiger partial charge in [-0.25, -0.2) is 4.79 Å². The Hall–Kier alpha value is -3.09. The Balaban J connectivity index is 1.68. The van der Waals surface area contributed by atoms with Crippen LogP contribution in [0.15, 0.2) is 41.0 Å². The molecule has 2 unspecified atom stereocenters. The number of carbonyl (C=O) groups excluding carboxylic acids is 2. The van der Waals surface area contributed by atoms with E-state index in [1.807, 2.05) is 19.9 Å². The van der Waals surface area contributed by atoms with Crippen LogP contribution in [0.25, 0.3) is 0 Å². The fourth-order valence-corrected chi connectivity index (χ4v) is 3.18. The van der Waals surface area contributed by atoms with Crippen molar-refractivity contribution in [3.63, 3.8) is 0 Å². The van der Waals surface area contributed by atoms with E-state index in [2.05, 4.69) is 5.32 Å². The number of benzene rings is 1. The predicted molar refractivity (Wildman–Crippen MR) is 96.7 cm³/mol. The van der Waals surface area contributed by atoms with Crippen LogP contribution in [0.3, 0.4) is 0 Å². The van der Waals surface area contributed by atoms with Crippen molar-refractivity contribution in [1.82, 2.24) is 10.2 Å². The van der Waals surface area contributed by atoms with E-state index < -0.39 is 23.8 Å². The highest BCUT2D eigenvalue weighted by atomic mass is 16.4. The molecule has 0 radical (unpaired) electrons. The van der Waals surface area contributed by atoms with E-state index in [0.29, 0.717) is 17.9 Å². The van der Waals surface area contributed by atoms with Crippen molar-refractivity contribution >= 4 is 17.8 Å². The SMILES string of the molecule is Cc1ccc(C(NC(=O)C2CC(=O)N(Cc3ccco3)C2)C(=O)O)cc1C. The fourth-order valence-electron chi connectivity index (χ4n) is 3.18. The number of carboxylic acids is 1. The van der Waals surface area contributed by atoms with Gasteiger partial charge in [0, 0.05) is 13.0 Å². The van der Waals surface area contributed by atoms with Crippen molar-refractivity contribution < 1.29 is 23.9 Å². The average Bonchev–Trinajstić information content (AvgIpc) is 3.25. The topological polar surface area (TPSA) is 99.9 Å². The molecule has 1 aromatic heterocycles. The van der Waals surface area contributed by atoms with Gasteiger partial charge in [-0.1, -0.05) is 18.2 Å². The number of aryl methyl sites for hydroxylation is 2. The first-order valence-electron chi connectivity index (χ1n) is 8.75. The number of hydrogen-bond acceptors (Lipinski definition) is 4. The van der Waals surface area contributed by atoms with Crippen LogP contribution in [0.1, 0.15) is 34.9 Å². The summed E-state index contributed by atoms with van der Waals surface area (Å²) in [4.78, 5) is 38.0. The average molecular weight is 370 g/mol. The summed E-state index contributed by atoms with van der Waals surface area (Å²) in [6, 6.07) is 7.65. The van der Waals surface area contributed by atoms with Crippen LogP contribution in [0.4, 0.5) is 0 Å². The van der Waals surface area contributed by atoms with Crippen LogP contribution in [0.5, 0.6) is 0 Å². The number of nitrogens with zero attached hydrogens (tertiary/aromatic N) is 1. The highest BCUT2D eigenvalue weighted by molar-refractivity contribution is 5.91. The fraction of sp³-hybridized carbons (Fsp3) is 0.350. The number of hydrogen-bond donors (Lipinski definition) is 2. The quantitative estimate of drug-likeness (QED) is 0.812. The third-order valence-corrected chi connectivity index (χ3v) is 4.91. The molecular weight excluding hydrogens is 348 g/mol. The van der Waals surface area contributed by atoms with Gasteiger partial charge in [0.25, 0.3) is 0 Å². The second-order valence-electron chi connectivity index (χ2n) is 6.88. The van der Waals surface area contributed by atoms with Crippen LogP contribution in [-0.4, -0.2) is 34.3 Å². The van der Waals surface area contributed by atoms with E-state index in [-0.39, 0.29) is 18.9 Å². The molecule has 0 bridgehead atoms. The molecule has 2 amide bonds. The Bertz CT molecular complexity index is 859. The van der Waals surface area contributed by atoms with Crippen molar-refractivity contribution in [3.8, 4) is 0 Å². The van der Waals surface area contributed by atoms with Crippen molar-refractivity contribution in [2.75, 3.05) is 6.54 Å². The number of rotatable bonds is 6. The van der Waals surface area contributed by atoms with Gasteiger partial charge in [-0.05, 0) is 42.7 Å². The molecule has 2 N–H and O–H groups in total. The lowest BCUT2D eigenvalue weighted by molar-refractivity contribution is -0.142. The third kappa shape index (κ3) is 4.19. The van der Waals surface area contributed by atoms with E-state index in [1.165, 1.54) is 6.26 Å². The summed E-state index contributed by atoms with van der Waals surface area (Å²) in [5.41, 5.74) is 2.51. The van der Waals surface area contributed by atoms with Gasteiger partial charge >= 0.3 is 5.97 Å². The van der Waals surface area contributed by atoms with Crippen molar-refractivity contribution in [2.45, 2.75) is 32.9 Å². The van der Waals surface area contributed by atoms with Crippen LogP contribution in [0, 0.1) is 19.8 Å². The van der Waals surface area contributed by atoms with Gasteiger partial charge in [-0.2, -0.15) is 0 Å². The molecule has 27 heavy (non-hydrogen) atoms. The molecule has 1 aromatic carbocycles. The molecule has 7 heteroatoms. The summed E-state index contributed by atoms with van der Waals surface area (Å²) >= 11 is 0. The molecule has 2 atom stereocenters. The molecule has 1 saturated heterocycles. The Kier molecular flexibility index (Phi) is 5.30. The smallest absolute Gasteiger partial charge is 0.330 e. The predicted octanol–water partition coefficient (Wildman–Crippen LogP) is 2.19. The molecule has 7 nitrogen and oxygen atoms in total. The normalized spacial score (nSPS) is 17.8. The second-order valence-corrected chi connectivity index (χ2v) is 6.88. The van der Waals surface area contributed by atoms with Crippen LogP contribution >= 0.6 is 0 Å². The third-order valence-electron chi connectivity index (χ3n) is 4.91. The summed E-state index contributed by atoms with van der Waals surface area (Å²) < 4.78 is 5.24. The van der Waals surface area contributed by atoms with Crippen molar-refractivity contribution in [3.05, 3.63) is 59.0 Å². The van der Waals surface area contributed by atoms with Gasteiger partial charge in [0.15, 0.2) is 6.04 Å². The molecule has 3 rings (SSSR count). The molecule has 2 heterocycles. The largest absolute Gasteiger partial charge is 0.479 e. The maximum Gasteiger partial charge on any atom is 0.330 e. The zero-order valence-corrected chi connectivity index (χ0v) is 15.3. The number of nitrogens with one attached hydrogen (secondary N) is 1. The highest BCUT2D eigenvalue weighted by Crippen LogP contribution is 2.23. The van der Waals surface area contributed by atoms with Gasteiger partial charge in [0.2, 0.25) is 11.8 Å². The molecule has 1 fully saturated rings. The maximum atomic E-state index is 12.6. The summed E-state index contributed by atoms with van der Waals surface area (Å²) in [7, 11) is 0. The molecule has 2 aromatic rings. The molecule has 0 aliphatic carbocycles. The minimum atomic E-state index is -1.15. The standard InChI is InChI=1S/C20H22N2O5/c1-12-5-6-14(8-13(12)2)18(20(25)26)21-19(24)15-9-17(23)22(10-15)11-16-4-3-7-27-16/h3-8,15,18H,9-11H2,1-2H3,(H,21,24)(H,25,26).